The Morgan fingerprint density at radius 3 is 2.10 bits per heavy atom. The van der Waals surface area contributed by atoms with Crippen LogP contribution in [0.2, 0.25) is 0 Å². The fourth-order valence-electron chi connectivity index (χ4n) is 3.24. The number of rotatable bonds is 8. The molecule has 5 nitrogen and oxygen atoms in total. The average Bonchev–Trinajstić information content (AvgIpc) is 3.03. The van der Waals surface area contributed by atoms with Crippen LogP contribution < -0.4 is 0 Å². The van der Waals surface area contributed by atoms with Crippen LogP contribution in [0.5, 0.6) is 0 Å². The smallest absolute Gasteiger partial charge is 0.317 e. The lowest BCUT2D eigenvalue weighted by Crippen LogP contribution is -2.47. The van der Waals surface area contributed by atoms with Crippen molar-refractivity contribution in [1.29, 1.82) is 0 Å². The van der Waals surface area contributed by atoms with Gasteiger partial charge < -0.3 is 10.0 Å². The zero-order valence-corrected chi connectivity index (χ0v) is 13.6. The Morgan fingerprint density at radius 1 is 1.05 bits per heavy atom. The fraction of sp³-hybridized carbons (Fsp3) is 0.867. The second kappa shape index (κ2) is 8.59. The van der Waals surface area contributed by atoms with Gasteiger partial charge in [-0.1, -0.05) is 19.8 Å². The summed E-state index contributed by atoms with van der Waals surface area (Å²) < 4.78 is 0. The van der Waals surface area contributed by atoms with Gasteiger partial charge in [0.1, 0.15) is 0 Å². The Balaban J connectivity index is 0.00000220. The van der Waals surface area contributed by atoms with Gasteiger partial charge in [0.15, 0.2) is 0 Å². The van der Waals surface area contributed by atoms with E-state index in [9.17, 15) is 9.59 Å². The number of carbonyl (C=O) groups excluding carboxylic acids is 1. The summed E-state index contributed by atoms with van der Waals surface area (Å²) in [7, 11) is 0. The van der Waals surface area contributed by atoms with E-state index in [1.54, 1.807) is 4.90 Å². The molecule has 0 aromatic rings. The third-order valence-electron chi connectivity index (χ3n) is 4.20. The molecule has 2 fully saturated rings. The second-order valence-corrected chi connectivity index (χ2v) is 6.07. The highest BCUT2D eigenvalue weighted by molar-refractivity contribution is 5.85. The predicted octanol–water partition coefficient (Wildman–Crippen LogP) is 2.14. The second-order valence-electron chi connectivity index (χ2n) is 6.07. The van der Waals surface area contributed by atoms with Gasteiger partial charge in [-0.25, -0.2) is 0 Å². The van der Waals surface area contributed by atoms with Gasteiger partial charge in [0.05, 0.1) is 13.1 Å². The molecule has 0 atom stereocenters. The molecule has 0 aliphatic heterocycles. The van der Waals surface area contributed by atoms with Crippen LogP contribution in [0.4, 0.5) is 0 Å². The summed E-state index contributed by atoms with van der Waals surface area (Å²) in [5.74, 6) is -0.723. The minimum absolute atomic E-state index is 0. The first kappa shape index (κ1) is 18.2. The van der Waals surface area contributed by atoms with Crippen LogP contribution in [0, 0.1) is 0 Å². The standard InChI is InChI=1S/C15H26N2O3.ClH/c1-2-9-16(11-15(19)20)10-14(18)17(13-7-8-13)12-5-3-4-6-12;/h12-13H,2-11H2,1H3,(H,19,20);1H. The van der Waals surface area contributed by atoms with Gasteiger partial charge in [-0.05, 0) is 38.6 Å². The lowest BCUT2D eigenvalue weighted by molar-refractivity contribution is -0.140. The monoisotopic (exact) mass is 318 g/mol. The average molecular weight is 319 g/mol. The molecule has 2 aliphatic carbocycles. The summed E-state index contributed by atoms with van der Waals surface area (Å²) in [6.45, 7) is 2.89. The minimum atomic E-state index is -0.856. The van der Waals surface area contributed by atoms with Gasteiger partial charge in [-0.15, -0.1) is 12.4 Å². The van der Waals surface area contributed by atoms with Gasteiger partial charge in [0.25, 0.3) is 0 Å². The first-order valence-electron chi connectivity index (χ1n) is 7.87. The number of carbonyl (C=O) groups is 2. The van der Waals surface area contributed by atoms with Crippen molar-refractivity contribution in [2.75, 3.05) is 19.6 Å². The highest BCUT2D eigenvalue weighted by Gasteiger charge is 2.38. The maximum absolute atomic E-state index is 12.6. The molecule has 21 heavy (non-hydrogen) atoms. The maximum atomic E-state index is 12.6. The Bertz CT molecular complexity index is 355. The molecule has 1 amide bonds. The number of hydrogen-bond donors (Lipinski definition) is 1. The van der Waals surface area contributed by atoms with Crippen molar-refractivity contribution in [3.8, 4) is 0 Å². The fourth-order valence-corrected chi connectivity index (χ4v) is 3.24. The van der Waals surface area contributed by atoms with Gasteiger partial charge in [-0.2, -0.15) is 0 Å². The molecule has 0 radical (unpaired) electrons. The van der Waals surface area contributed by atoms with E-state index >= 15 is 0 Å². The molecule has 2 saturated carbocycles. The lowest BCUT2D eigenvalue weighted by Gasteiger charge is -2.31. The first-order chi connectivity index (χ1) is 9.61. The first-order valence-corrected chi connectivity index (χ1v) is 7.87. The number of hydrogen-bond acceptors (Lipinski definition) is 3. The van der Waals surface area contributed by atoms with Crippen LogP contribution in [0.25, 0.3) is 0 Å². The van der Waals surface area contributed by atoms with Crippen molar-refractivity contribution < 1.29 is 14.7 Å². The number of halogens is 1. The molecular weight excluding hydrogens is 292 g/mol. The van der Waals surface area contributed by atoms with E-state index in [0.717, 1.165) is 32.1 Å². The molecule has 0 bridgehead atoms. The Labute approximate surface area is 133 Å². The Kier molecular flexibility index (Phi) is 7.46. The van der Waals surface area contributed by atoms with E-state index < -0.39 is 5.97 Å². The highest BCUT2D eigenvalue weighted by atomic mass is 35.5. The number of amides is 1. The summed E-state index contributed by atoms with van der Waals surface area (Å²) in [5.41, 5.74) is 0. The Hall–Kier alpha value is -0.810. The zero-order chi connectivity index (χ0) is 14.5. The van der Waals surface area contributed by atoms with Gasteiger partial charge in [0, 0.05) is 12.1 Å². The summed E-state index contributed by atoms with van der Waals surface area (Å²) in [6.07, 6.45) is 7.78. The van der Waals surface area contributed by atoms with Gasteiger partial charge in [-0.3, -0.25) is 14.5 Å². The molecule has 0 heterocycles. The van der Waals surface area contributed by atoms with E-state index in [1.165, 1.54) is 12.8 Å². The van der Waals surface area contributed by atoms with E-state index in [-0.39, 0.29) is 31.4 Å². The summed E-state index contributed by atoms with van der Waals surface area (Å²) in [4.78, 5) is 27.3. The predicted molar refractivity (Wildman–Crippen MR) is 83.7 cm³/mol. The largest absolute Gasteiger partial charge is 0.480 e. The van der Waals surface area contributed by atoms with E-state index in [0.29, 0.717) is 18.6 Å². The molecule has 122 valence electrons. The summed E-state index contributed by atoms with van der Waals surface area (Å²) >= 11 is 0. The topological polar surface area (TPSA) is 60.9 Å². The van der Waals surface area contributed by atoms with Crippen molar-refractivity contribution >= 4 is 24.3 Å². The molecule has 2 aliphatic rings. The maximum Gasteiger partial charge on any atom is 0.317 e. The molecule has 6 heteroatoms. The molecular formula is C15H27ClN2O3. The zero-order valence-electron chi connectivity index (χ0n) is 12.8. The molecule has 1 N–H and O–H groups in total. The molecule has 0 saturated heterocycles. The summed E-state index contributed by atoms with van der Waals surface area (Å²) in [6, 6.07) is 0.835. The lowest BCUT2D eigenvalue weighted by atomic mass is 10.2. The van der Waals surface area contributed by atoms with Crippen LogP contribution in [0.1, 0.15) is 51.9 Å². The van der Waals surface area contributed by atoms with Crippen molar-refractivity contribution in [2.45, 2.75) is 64.0 Å². The van der Waals surface area contributed by atoms with Crippen LogP contribution in [-0.2, 0) is 9.59 Å². The number of aliphatic carboxylic acids is 1. The third-order valence-corrected chi connectivity index (χ3v) is 4.20. The molecule has 0 aromatic heterocycles. The minimum Gasteiger partial charge on any atom is -0.480 e. The third kappa shape index (κ3) is 5.47. The van der Waals surface area contributed by atoms with E-state index in [4.69, 9.17) is 5.11 Å². The van der Waals surface area contributed by atoms with Crippen LogP contribution in [-0.4, -0.2) is 58.5 Å². The molecule has 0 aromatic carbocycles. The quantitative estimate of drug-likeness (QED) is 0.745. The normalized spacial score (nSPS) is 18.6. The number of nitrogens with zero attached hydrogens (tertiary/aromatic N) is 2. The van der Waals surface area contributed by atoms with Crippen molar-refractivity contribution in [3.63, 3.8) is 0 Å². The Morgan fingerprint density at radius 2 is 1.62 bits per heavy atom. The van der Waals surface area contributed by atoms with Crippen molar-refractivity contribution in [2.24, 2.45) is 0 Å². The molecule has 0 spiro atoms. The van der Waals surface area contributed by atoms with Crippen LogP contribution in [0.15, 0.2) is 0 Å². The van der Waals surface area contributed by atoms with Gasteiger partial charge in [0.2, 0.25) is 5.91 Å². The SMILES string of the molecule is CCCN(CC(=O)O)CC(=O)N(C1CCCC1)C1CC1.Cl. The van der Waals surface area contributed by atoms with Crippen molar-refractivity contribution in [3.05, 3.63) is 0 Å². The molecule has 0 unspecified atom stereocenters. The number of carboxylic acids is 1. The van der Waals surface area contributed by atoms with E-state index in [1.807, 2.05) is 6.92 Å². The van der Waals surface area contributed by atoms with E-state index in [2.05, 4.69) is 4.90 Å². The number of carboxylic acid groups (broad SMARTS) is 1. The summed E-state index contributed by atoms with van der Waals surface area (Å²) in [5, 5.41) is 8.93. The van der Waals surface area contributed by atoms with Gasteiger partial charge >= 0.3 is 5.97 Å². The highest BCUT2D eigenvalue weighted by Crippen LogP contribution is 2.34. The molecule has 2 rings (SSSR count). The van der Waals surface area contributed by atoms with Crippen LogP contribution >= 0.6 is 12.4 Å². The van der Waals surface area contributed by atoms with Crippen molar-refractivity contribution in [1.82, 2.24) is 9.80 Å². The van der Waals surface area contributed by atoms with Crippen LogP contribution in [0.3, 0.4) is 0 Å².